The summed E-state index contributed by atoms with van der Waals surface area (Å²) in [5.41, 5.74) is 2.28. The molecule has 104 valence electrons. The Morgan fingerprint density at radius 3 is 2.75 bits per heavy atom. The van der Waals surface area contributed by atoms with Crippen molar-refractivity contribution in [3.63, 3.8) is 0 Å². The first kappa shape index (κ1) is 14.5. The van der Waals surface area contributed by atoms with Crippen LogP contribution in [0.15, 0.2) is 46.9 Å². The summed E-state index contributed by atoms with van der Waals surface area (Å²) in [5.74, 6) is 0. The van der Waals surface area contributed by atoms with E-state index < -0.39 is 4.92 Å². The molecule has 0 aromatic heterocycles. The second-order valence-corrected chi connectivity index (χ2v) is 5.16. The molecule has 0 unspecified atom stereocenters. The van der Waals surface area contributed by atoms with E-state index in [0.717, 1.165) is 11.3 Å². The third-order valence-electron chi connectivity index (χ3n) is 2.84. The molecule has 0 bridgehead atoms. The normalized spacial score (nSPS) is 10.3. The lowest BCUT2D eigenvalue weighted by molar-refractivity contribution is -0.385. The topological polar surface area (TPSA) is 75.4 Å². The molecule has 2 aromatic rings. The minimum Gasteiger partial charge on any atom is -0.392 e. The van der Waals surface area contributed by atoms with Crippen LogP contribution in [-0.2, 0) is 13.2 Å². The Morgan fingerprint density at radius 2 is 2.05 bits per heavy atom. The summed E-state index contributed by atoms with van der Waals surface area (Å²) in [6.45, 7) is 0.312. The van der Waals surface area contributed by atoms with Crippen molar-refractivity contribution in [3.05, 3.63) is 68.2 Å². The third-order valence-corrected chi connectivity index (χ3v) is 3.33. The fourth-order valence-electron chi connectivity index (χ4n) is 1.83. The Hall–Kier alpha value is -1.92. The Bertz CT molecular complexity index is 632. The monoisotopic (exact) mass is 336 g/mol. The fraction of sp³-hybridized carbons (Fsp3) is 0.143. The van der Waals surface area contributed by atoms with E-state index in [-0.39, 0.29) is 12.3 Å². The van der Waals surface area contributed by atoms with Gasteiger partial charge in [0.25, 0.3) is 5.69 Å². The highest BCUT2D eigenvalue weighted by Crippen LogP contribution is 2.24. The maximum absolute atomic E-state index is 11.0. The summed E-state index contributed by atoms with van der Waals surface area (Å²) < 4.78 is 0.676. The van der Waals surface area contributed by atoms with Crippen LogP contribution in [0, 0.1) is 10.1 Å². The molecule has 2 aromatic carbocycles. The van der Waals surface area contributed by atoms with Crippen molar-refractivity contribution in [3.8, 4) is 0 Å². The van der Waals surface area contributed by atoms with Gasteiger partial charge in [0, 0.05) is 28.3 Å². The van der Waals surface area contributed by atoms with Crippen LogP contribution in [0.3, 0.4) is 0 Å². The van der Waals surface area contributed by atoms with E-state index in [1.807, 2.05) is 24.3 Å². The van der Waals surface area contributed by atoms with Crippen molar-refractivity contribution < 1.29 is 10.0 Å². The molecule has 6 heteroatoms. The highest BCUT2D eigenvalue weighted by atomic mass is 79.9. The SMILES string of the molecule is O=[N+]([O-])c1cc(Br)ccc1CNc1cccc(CO)c1. The number of benzene rings is 2. The van der Waals surface area contributed by atoms with Gasteiger partial charge in [-0.15, -0.1) is 0 Å². The number of nitrogens with one attached hydrogen (secondary N) is 1. The van der Waals surface area contributed by atoms with E-state index in [2.05, 4.69) is 21.2 Å². The van der Waals surface area contributed by atoms with Crippen molar-refractivity contribution in [2.24, 2.45) is 0 Å². The summed E-state index contributed by atoms with van der Waals surface area (Å²) in [4.78, 5) is 10.6. The number of nitro benzene ring substituents is 1. The van der Waals surface area contributed by atoms with Crippen LogP contribution >= 0.6 is 15.9 Å². The van der Waals surface area contributed by atoms with Gasteiger partial charge in [-0.2, -0.15) is 0 Å². The van der Waals surface area contributed by atoms with Crippen molar-refractivity contribution in [2.45, 2.75) is 13.2 Å². The molecule has 0 atom stereocenters. The van der Waals surface area contributed by atoms with Crippen LogP contribution in [0.5, 0.6) is 0 Å². The first-order valence-electron chi connectivity index (χ1n) is 5.96. The molecule has 2 rings (SSSR count). The van der Waals surface area contributed by atoms with Crippen LogP contribution in [0.4, 0.5) is 11.4 Å². The van der Waals surface area contributed by atoms with Crippen LogP contribution in [0.2, 0.25) is 0 Å². The Morgan fingerprint density at radius 1 is 1.25 bits per heavy atom. The fourth-order valence-corrected chi connectivity index (χ4v) is 2.18. The molecule has 5 nitrogen and oxygen atoms in total. The van der Waals surface area contributed by atoms with E-state index in [1.165, 1.54) is 6.07 Å². The first-order valence-corrected chi connectivity index (χ1v) is 6.76. The molecular weight excluding hydrogens is 324 g/mol. The maximum Gasteiger partial charge on any atom is 0.275 e. The van der Waals surface area contributed by atoms with Gasteiger partial charge < -0.3 is 10.4 Å². The third kappa shape index (κ3) is 3.55. The molecular formula is C14H13BrN2O3. The summed E-state index contributed by atoms with van der Waals surface area (Å²) in [7, 11) is 0. The molecule has 0 spiro atoms. The number of nitrogens with zero attached hydrogens (tertiary/aromatic N) is 1. The molecule has 0 amide bonds. The molecule has 0 heterocycles. The Balaban J connectivity index is 2.16. The number of halogens is 1. The van der Waals surface area contributed by atoms with Crippen LogP contribution in [0.1, 0.15) is 11.1 Å². The number of hydrogen-bond donors (Lipinski definition) is 2. The Kier molecular flexibility index (Phi) is 4.70. The van der Waals surface area contributed by atoms with Gasteiger partial charge in [-0.25, -0.2) is 0 Å². The lowest BCUT2D eigenvalue weighted by Gasteiger charge is -2.08. The maximum atomic E-state index is 11.0. The lowest BCUT2D eigenvalue weighted by Crippen LogP contribution is -2.03. The van der Waals surface area contributed by atoms with Gasteiger partial charge in [0.15, 0.2) is 0 Å². The largest absolute Gasteiger partial charge is 0.392 e. The molecule has 0 aliphatic carbocycles. The first-order chi connectivity index (χ1) is 9.60. The molecule has 0 saturated heterocycles. The summed E-state index contributed by atoms with van der Waals surface area (Å²) in [5, 5.41) is 23.2. The predicted octanol–water partition coefficient (Wildman–Crippen LogP) is 3.46. The van der Waals surface area contributed by atoms with Gasteiger partial charge in [-0.05, 0) is 29.8 Å². The van der Waals surface area contributed by atoms with Crippen molar-refractivity contribution in [2.75, 3.05) is 5.32 Å². The molecule has 0 saturated carbocycles. The Labute approximate surface area is 124 Å². The highest BCUT2D eigenvalue weighted by Gasteiger charge is 2.13. The van der Waals surface area contributed by atoms with E-state index in [1.54, 1.807) is 12.1 Å². The molecule has 2 N–H and O–H groups in total. The van der Waals surface area contributed by atoms with Crippen LogP contribution in [0.25, 0.3) is 0 Å². The second-order valence-electron chi connectivity index (χ2n) is 4.24. The quantitative estimate of drug-likeness (QED) is 0.647. The number of rotatable bonds is 5. The van der Waals surface area contributed by atoms with Gasteiger partial charge in [0.1, 0.15) is 0 Å². The smallest absolute Gasteiger partial charge is 0.275 e. The molecule has 0 aliphatic heterocycles. The molecule has 0 radical (unpaired) electrons. The van der Waals surface area contributed by atoms with Crippen molar-refractivity contribution >= 4 is 27.3 Å². The number of nitro groups is 1. The average molecular weight is 337 g/mol. The van der Waals surface area contributed by atoms with E-state index in [9.17, 15) is 10.1 Å². The standard InChI is InChI=1S/C14H13BrN2O3/c15-12-5-4-11(14(7-12)17(19)20)8-16-13-3-1-2-10(6-13)9-18/h1-7,16,18H,8-9H2. The zero-order chi connectivity index (χ0) is 14.5. The minimum absolute atomic E-state index is 0.0338. The predicted molar refractivity (Wildman–Crippen MR) is 80.5 cm³/mol. The van der Waals surface area contributed by atoms with Gasteiger partial charge in [0.05, 0.1) is 11.5 Å². The zero-order valence-electron chi connectivity index (χ0n) is 10.5. The highest BCUT2D eigenvalue weighted by molar-refractivity contribution is 9.10. The minimum atomic E-state index is -0.397. The summed E-state index contributed by atoms with van der Waals surface area (Å²) in [6.07, 6.45) is 0. The van der Waals surface area contributed by atoms with Crippen LogP contribution < -0.4 is 5.32 Å². The van der Waals surface area contributed by atoms with E-state index in [4.69, 9.17) is 5.11 Å². The number of aliphatic hydroxyl groups excluding tert-OH is 1. The number of aliphatic hydroxyl groups is 1. The van der Waals surface area contributed by atoms with E-state index in [0.29, 0.717) is 16.6 Å². The van der Waals surface area contributed by atoms with Crippen molar-refractivity contribution in [1.82, 2.24) is 0 Å². The second kappa shape index (κ2) is 6.49. The van der Waals surface area contributed by atoms with Gasteiger partial charge in [-0.1, -0.05) is 28.1 Å². The average Bonchev–Trinajstić information content (AvgIpc) is 2.46. The lowest BCUT2D eigenvalue weighted by atomic mass is 10.1. The zero-order valence-corrected chi connectivity index (χ0v) is 12.1. The van der Waals surface area contributed by atoms with E-state index >= 15 is 0 Å². The molecule has 0 fully saturated rings. The summed E-state index contributed by atoms with van der Waals surface area (Å²) in [6, 6.07) is 12.3. The number of anilines is 1. The summed E-state index contributed by atoms with van der Waals surface area (Å²) >= 11 is 3.23. The van der Waals surface area contributed by atoms with Crippen LogP contribution in [-0.4, -0.2) is 10.0 Å². The van der Waals surface area contributed by atoms with Gasteiger partial charge in [-0.3, -0.25) is 10.1 Å². The molecule has 0 aliphatic rings. The van der Waals surface area contributed by atoms with Gasteiger partial charge >= 0.3 is 0 Å². The molecule has 20 heavy (non-hydrogen) atoms. The number of hydrogen-bond acceptors (Lipinski definition) is 4. The van der Waals surface area contributed by atoms with Crippen molar-refractivity contribution in [1.29, 1.82) is 0 Å². The van der Waals surface area contributed by atoms with Gasteiger partial charge in [0.2, 0.25) is 0 Å².